The van der Waals surface area contributed by atoms with Gasteiger partial charge in [0.15, 0.2) is 5.96 Å². The molecule has 2 atom stereocenters. The minimum absolute atomic E-state index is 0. The summed E-state index contributed by atoms with van der Waals surface area (Å²) in [6, 6.07) is -1.38. The quantitative estimate of drug-likeness (QED) is 0.382. The summed E-state index contributed by atoms with van der Waals surface area (Å²) in [6.07, 6.45) is -2.97. The van der Waals surface area contributed by atoms with E-state index in [-0.39, 0.29) is 24.0 Å². The van der Waals surface area contributed by atoms with Gasteiger partial charge in [-0.1, -0.05) is 6.92 Å². The van der Waals surface area contributed by atoms with E-state index in [0.717, 1.165) is 32.1 Å². The van der Waals surface area contributed by atoms with Gasteiger partial charge in [-0.25, -0.2) is 0 Å². The van der Waals surface area contributed by atoms with Gasteiger partial charge >= 0.3 is 6.18 Å². The van der Waals surface area contributed by atoms with Crippen LogP contribution in [-0.2, 0) is 0 Å². The summed E-state index contributed by atoms with van der Waals surface area (Å²) in [5.74, 6) is 1.43. The molecule has 2 aliphatic heterocycles. The van der Waals surface area contributed by atoms with E-state index in [2.05, 4.69) is 27.0 Å². The first-order chi connectivity index (χ1) is 11.3. The zero-order chi connectivity index (χ0) is 17.7. The fraction of sp³-hybridized carbons (Fsp3) is 0.938. The molecule has 2 fully saturated rings. The molecule has 2 heterocycles. The van der Waals surface area contributed by atoms with Gasteiger partial charge in [-0.05, 0) is 32.4 Å². The van der Waals surface area contributed by atoms with Gasteiger partial charge in [0.25, 0.3) is 0 Å². The highest BCUT2D eigenvalue weighted by atomic mass is 127. The molecule has 1 N–H and O–H groups in total. The average Bonchev–Trinajstić information content (AvgIpc) is 3.02. The van der Waals surface area contributed by atoms with Crippen LogP contribution in [0.4, 0.5) is 13.2 Å². The molecular weight excluding hydrogens is 446 g/mol. The van der Waals surface area contributed by atoms with Crippen molar-refractivity contribution in [1.82, 2.24) is 20.0 Å². The number of nitrogens with zero attached hydrogens (tertiary/aromatic N) is 4. The Balaban J connectivity index is 0.00000312. The third-order valence-corrected chi connectivity index (χ3v) is 5.21. The molecule has 148 valence electrons. The molecule has 0 bridgehead atoms. The second-order valence-corrected chi connectivity index (χ2v) is 6.72. The first-order valence-corrected chi connectivity index (χ1v) is 8.83. The lowest BCUT2D eigenvalue weighted by molar-refractivity contribution is -0.181. The van der Waals surface area contributed by atoms with Crippen molar-refractivity contribution < 1.29 is 13.2 Å². The summed E-state index contributed by atoms with van der Waals surface area (Å²) >= 11 is 0. The lowest BCUT2D eigenvalue weighted by Gasteiger charge is -2.39. The molecule has 0 spiro atoms. The normalized spacial score (nSPS) is 25.0. The Bertz CT molecular complexity index is 424. The van der Waals surface area contributed by atoms with E-state index in [0.29, 0.717) is 32.1 Å². The van der Waals surface area contributed by atoms with Crippen molar-refractivity contribution >= 4 is 29.9 Å². The van der Waals surface area contributed by atoms with Gasteiger partial charge in [-0.3, -0.25) is 9.89 Å². The van der Waals surface area contributed by atoms with Crippen LogP contribution in [0.5, 0.6) is 0 Å². The summed E-state index contributed by atoms with van der Waals surface area (Å²) in [5.41, 5.74) is 0. The number of halogens is 4. The van der Waals surface area contributed by atoms with Gasteiger partial charge in [0, 0.05) is 46.3 Å². The van der Waals surface area contributed by atoms with Gasteiger partial charge in [0.2, 0.25) is 0 Å². The minimum Gasteiger partial charge on any atom is -0.356 e. The van der Waals surface area contributed by atoms with Crippen molar-refractivity contribution in [2.45, 2.75) is 32.5 Å². The number of aliphatic imine (C=N–C) groups is 1. The second-order valence-electron chi connectivity index (χ2n) is 6.72. The van der Waals surface area contributed by atoms with Crippen molar-refractivity contribution in [3.05, 3.63) is 0 Å². The van der Waals surface area contributed by atoms with Crippen LogP contribution in [0.2, 0.25) is 0 Å². The maximum absolute atomic E-state index is 12.8. The number of alkyl halides is 3. The van der Waals surface area contributed by atoms with Gasteiger partial charge in [-0.2, -0.15) is 13.2 Å². The van der Waals surface area contributed by atoms with Crippen LogP contribution in [0.3, 0.4) is 0 Å². The monoisotopic (exact) mass is 477 g/mol. The molecule has 2 unspecified atom stereocenters. The van der Waals surface area contributed by atoms with Crippen molar-refractivity contribution in [2.24, 2.45) is 10.9 Å². The van der Waals surface area contributed by atoms with Crippen LogP contribution in [0.25, 0.3) is 0 Å². The Morgan fingerprint density at radius 1 is 1.20 bits per heavy atom. The number of nitrogens with one attached hydrogen (secondary N) is 1. The third-order valence-electron chi connectivity index (χ3n) is 5.21. The summed E-state index contributed by atoms with van der Waals surface area (Å²) in [4.78, 5) is 10.3. The lowest BCUT2D eigenvalue weighted by Crippen LogP contribution is -2.57. The highest BCUT2D eigenvalue weighted by Crippen LogP contribution is 2.25. The smallest absolute Gasteiger partial charge is 0.356 e. The molecule has 25 heavy (non-hydrogen) atoms. The predicted octanol–water partition coefficient (Wildman–Crippen LogP) is 2.09. The predicted molar refractivity (Wildman–Crippen MR) is 106 cm³/mol. The molecule has 2 rings (SSSR count). The van der Waals surface area contributed by atoms with Crippen LogP contribution in [0.1, 0.15) is 20.3 Å². The van der Waals surface area contributed by atoms with E-state index >= 15 is 0 Å². The molecule has 5 nitrogen and oxygen atoms in total. The number of rotatable bonds is 4. The van der Waals surface area contributed by atoms with Crippen molar-refractivity contribution in [3.63, 3.8) is 0 Å². The molecule has 0 aromatic heterocycles. The minimum atomic E-state index is -4.16. The Morgan fingerprint density at radius 2 is 1.84 bits per heavy atom. The lowest BCUT2D eigenvalue weighted by atomic mass is 10.1. The fourth-order valence-electron chi connectivity index (χ4n) is 3.46. The average molecular weight is 477 g/mol. The topological polar surface area (TPSA) is 34.1 Å². The zero-order valence-electron chi connectivity index (χ0n) is 15.3. The molecule has 9 heteroatoms. The van der Waals surface area contributed by atoms with E-state index in [1.54, 1.807) is 7.05 Å². The fourth-order valence-corrected chi connectivity index (χ4v) is 3.46. The third kappa shape index (κ3) is 6.42. The first-order valence-electron chi connectivity index (χ1n) is 8.83. The van der Waals surface area contributed by atoms with Gasteiger partial charge in [0.1, 0.15) is 6.04 Å². The Morgan fingerprint density at radius 3 is 2.32 bits per heavy atom. The molecule has 0 aromatic rings. The molecule has 2 saturated heterocycles. The van der Waals surface area contributed by atoms with Crippen LogP contribution in [-0.4, -0.2) is 92.3 Å². The molecule has 0 radical (unpaired) electrons. The maximum Gasteiger partial charge on any atom is 0.403 e. The molecule has 2 aliphatic rings. The van der Waals surface area contributed by atoms with Crippen molar-refractivity contribution in [1.29, 1.82) is 0 Å². The van der Waals surface area contributed by atoms with E-state index < -0.39 is 12.2 Å². The number of guanidine groups is 1. The SMILES string of the molecule is CCN1CCC(CNC(=NC)N2CCN(C(C)C(F)(F)F)CC2)C1.I. The Kier molecular flexibility index (Phi) is 9.24. The first kappa shape index (κ1) is 22.8. The molecule has 0 saturated carbocycles. The zero-order valence-corrected chi connectivity index (χ0v) is 17.7. The Hall–Kier alpha value is -0.290. The van der Waals surface area contributed by atoms with Gasteiger partial charge < -0.3 is 15.1 Å². The van der Waals surface area contributed by atoms with Crippen LogP contribution in [0, 0.1) is 5.92 Å². The molecule has 0 aromatic carbocycles. The summed E-state index contributed by atoms with van der Waals surface area (Å²) in [7, 11) is 1.74. The number of hydrogen-bond acceptors (Lipinski definition) is 3. The standard InChI is InChI=1S/C16H30F3N5.HI/c1-4-22-6-5-14(12-22)11-21-15(20-3)24-9-7-23(8-10-24)13(2)16(17,18)19;/h13-14H,4-12H2,1-3H3,(H,20,21);1H. The highest BCUT2D eigenvalue weighted by molar-refractivity contribution is 14.0. The number of piperazine rings is 1. The number of hydrogen-bond donors (Lipinski definition) is 1. The van der Waals surface area contributed by atoms with E-state index in [1.165, 1.54) is 18.2 Å². The molecular formula is C16H31F3IN5. The van der Waals surface area contributed by atoms with Crippen LogP contribution >= 0.6 is 24.0 Å². The van der Waals surface area contributed by atoms with Crippen molar-refractivity contribution in [2.75, 3.05) is 59.4 Å². The van der Waals surface area contributed by atoms with E-state index in [1.807, 2.05) is 0 Å². The van der Waals surface area contributed by atoms with Crippen LogP contribution in [0.15, 0.2) is 4.99 Å². The van der Waals surface area contributed by atoms with Crippen molar-refractivity contribution in [3.8, 4) is 0 Å². The summed E-state index contributed by atoms with van der Waals surface area (Å²) in [6.45, 7) is 9.61. The highest BCUT2D eigenvalue weighted by Gasteiger charge is 2.41. The van der Waals surface area contributed by atoms with Gasteiger partial charge in [-0.15, -0.1) is 24.0 Å². The van der Waals surface area contributed by atoms with E-state index in [4.69, 9.17) is 0 Å². The molecule has 0 amide bonds. The van der Waals surface area contributed by atoms with E-state index in [9.17, 15) is 13.2 Å². The second kappa shape index (κ2) is 10.1. The number of likely N-dealkylation sites (tertiary alicyclic amines) is 1. The summed E-state index contributed by atoms with van der Waals surface area (Å²) in [5, 5.41) is 3.41. The van der Waals surface area contributed by atoms with Gasteiger partial charge in [0.05, 0.1) is 0 Å². The maximum atomic E-state index is 12.8. The summed E-state index contributed by atoms with van der Waals surface area (Å²) < 4.78 is 38.4. The molecule has 0 aliphatic carbocycles. The Labute approximate surface area is 166 Å². The van der Waals surface area contributed by atoms with Crippen LogP contribution < -0.4 is 5.32 Å². The largest absolute Gasteiger partial charge is 0.403 e.